The summed E-state index contributed by atoms with van der Waals surface area (Å²) in [5.41, 5.74) is 3.99. The van der Waals surface area contributed by atoms with Crippen LogP contribution < -0.4 is 4.74 Å². The summed E-state index contributed by atoms with van der Waals surface area (Å²) in [6.45, 7) is 4.34. The van der Waals surface area contributed by atoms with Gasteiger partial charge in [0.15, 0.2) is 0 Å². The first-order chi connectivity index (χ1) is 16.7. The Morgan fingerprint density at radius 2 is 1.76 bits per heavy atom. The molecule has 1 atom stereocenters. The summed E-state index contributed by atoms with van der Waals surface area (Å²) < 4.78 is 5.99. The Labute approximate surface area is 198 Å². The number of nitrogens with zero attached hydrogens (tertiary/aromatic N) is 3. The van der Waals surface area contributed by atoms with Crippen LogP contribution in [0.25, 0.3) is 10.9 Å². The minimum absolute atomic E-state index is 0.466. The van der Waals surface area contributed by atoms with E-state index in [2.05, 4.69) is 19.8 Å². The zero-order chi connectivity index (χ0) is 23.3. The molecule has 2 aromatic heterocycles. The van der Waals surface area contributed by atoms with Crippen LogP contribution in [0.4, 0.5) is 0 Å². The first kappa shape index (κ1) is 22.1. The number of aromatic amines is 1. The van der Waals surface area contributed by atoms with E-state index in [1.54, 1.807) is 12.4 Å². The van der Waals surface area contributed by atoms with Gasteiger partial charge in [-0.3, -0.25) is 19.6 Å². The summed E-state index contributed by atoms with van der Waals surface area (Å²) in [6.07, 6.45) is 5.44. The summed E-state index contributed by atoms with van der Waals surface area (Å²) >= 11 is 0. The molecule has 0 amide bonds. The highest BCUT2D eigenvalue weighted by atomic mass is 16.5. The molecule has 34 heavy (non-hydrogen) atoms. The fourth-order valence-electron chi connectivity index (χ4n) is 4.59. The summed E-state index contributed by atoms with van der Waals surface area (Å²) in [6, 6.07) is 19.1. The Morgan fingerprint density at radius 1 is 1.00 bits per heavy atom. The number of carboxylic acids is 1. The molecule has 1 aliphatic rings. The standard InChI is InChI=1S/C27H28N4O3/c32-27(33)26(31-14-12-30(13-15-31)18-20-8-10-28-11-9-20)24-17-29-25-7-6-22(16-23(24)25)34-19-21-4-2-1-3-5-21/h1-11,16-17,26,29H,12-15,18-19H2,(H,32,33)/t26-/m0/s1. The summed E-state index contributed by atoms with van der Waals surface area (Å²) in [5.74, 6) is -0.109. The molecule has 7 heteroatoms. The molecule has 0 saturated carbocycles. The molecule has 0 radical (unpaired) electrons. The molecule has 7 nitrogen and oxygen atoms in total. The van der Waals surface area contributed by atoms with Crippen LogP contribution in [0.2, 0.25) is 0 Å². The van der Waals surface area contributed by atoms with Crippen LogP contribution in [-0.2, 0) is 17.9 Å². The number of carboxylic acid groups (broad SMARTS) is 1. The molecule has 0 spiro atoms. The van der Waals surface area contributed by atoms with Crippen molar-refractivity contribution < 1.29 is 14.6 Å². The number of aliphatic carboxylic acids is 1. The van der Waals surface area contributed by atoms with E-state index in [0.717, 1.165) is 47.4 Å². The number of piperazine rings is 1. The number of carbonyl (C=O) groups is 1. The lowest BCUT2D eigenvalue weighted by Gasteiger charge is -2.37. The van der Waals surface area contributed by atoms with Crippen LogP contribution in [0.15, 0.2) is 79.3 Å². The molecule has 0 aliphatic carbocycles. The molecule has 5 rings (SSSR count). The maximum atomic E-state index is 12.4. The van der Waals surface area contributed by atoms with Crippen LogP contribution in [0.1, 0.15) is 22.7 Å². The van der Waals surface area contributed by atoms with E-state index < -0.39 is 12.0 Å². The Morgan fingerprint density at radius 3 is 2.50 bits per heavy atom. The molecule has 2 N–H and O–H groups in total. The third-order valence-electron chi connectivity index (χ3n) is 6.39. The smallest absolute Gasteiger partial charge is 0.325 e. The van der Waals surface area contributed by atoms with Gasteiger partial charge < -0.3 is 14.8 Å². The maximum absolute atomic E-state index is 12.4. The number of benzene rings is 2. The molecule has 174 valence electrons. The van der Waals surface area contributed by atoms with Crippen molar-refractivity contribution in [3.63, 3.8) is 0 Å². The number of rotatable bonds is 8. The molecule has 2 aromatic carbocycles. The number of aromatic nitrogens is 2. The average molecular weight is 457 g/mol. The van der Waals surface area contributed by atoms with Gasteiger partial charge in [0, 0.05) is 67.8 Å². The molecule has 1 saturated heterocycles. The van der Waals surface area contributed by atoms with E-state index in [4.69, 9.17) is 4.74 Å². The van der Waals surface area contributed by atoms with Crippen molar-refractivity contribution in [2.45, 2.75) is 19.2 Å². The minimum atomic E-state index is -0.834. The van der Waals surface area contributed by atoms with Crippen molar-refractivity contribution in [1.29, 1.82) is 0 Å². The molecule has 1 fully saturated rings. The van der Waals surface area contributed by atoms with Crippen molar-refractivity contribution in [3.8, 4) is 5.75 Å². The Balaban J connectivity index is 1.31. The Kier molecular flexibility index (Phi) is 6.56. The van der Waals surface area contributed by atoms with Crippen LogP contribution >= 0.6 is 0 Å². The number of hydrogen-bond acceptors (Lipinski definition) is 5. The number of pyridine rings is 1. The number of H-pyrrole nitrogens is 1. The van der Waals surface area contributed by atoms with Gasteiger partial charge in [-0.1, -0.05) is 30.3 Å². The van der Waals surface area contributed by atoms with E-state index in [-0.39, 0.29) is 0 Å². The Bertz CT molecular complexity index is 1230. The zero-order valence-electron chi connectivity index (χ0n) is 18.9. The van der Waals surface area contributed by atoms with Crippen molar-refractivity contribution >= 4 is 16.9 Å². The van der Waals surface area contributed by atoms with Crippen molar-refractivity contribution in [1.82, 2.24) is 19.8 Å². The van der Waals surface area contributed by atoms with Crippen molar-refractivity contribution in [2.24, 2.45) is 0 Å². The molecule has 0 unspecified atom stereocenters. The van der Waals surface area contributed by atoms with E-state index in [9.17, 15) is 9.90 Å². The van der Waals surface area contributed by atoms with Gasteiger partial charge in [-0.05, 0) is 41.5 Å². The van der Waals surface area contributed by atoms with Crippen LogP contribution in [0.5, 0.6) is 5.75 Å². The van der Waals surface area contributed by atoms with E-state index >= 15 is 0 Å². The summed E-state index contributed by atoms with van der Waals surface area (Å²) in [5, 5.41) is 11.1. The van der Waals surface area contributed by atoms with Crippen LogP contribution in [0.3, 0.4) is 0 Å². The molecular weight excluding hydrogens is 428 g/mol. The van der Waals surface area contributed by atoms with Gasteiger partial charge in [-0.2, -0.15) is 0 Å². The second-order valence-electron chi connectivity index (χ2n) is 8.63. The molecular formula is C27H28N4O3. The second-order valence-corrected chi connectivity index (χ2v) is 8.63. The number of hydrogen-bond donors (Lipinski definition) is 2. The predicted molar refractivity (Wildman–Crippen MR) is 131 cm³/mol. The largest absolute Gasteiger partial charge is 0.489 e. The SMILES string of the molecule is O=C(O)[C@H](c1c[nH]c2ccc(OCc3ccccc3)cc12)N1CCN(Cc2ccncc2)CC1. The van der Waals surface area contributed by atoms with E-state index in [1.165, 1.54) is 5.56 Å². The van der Waals surface area contributed by atoms with Gasteiger partial charge in [-0.15, -0.1) is 0 Å². The molecule has 4 aromatic rings. The van der Waals surface area contributed by atoms with Gasteiger partial charge in [0.25, 0.3) is 0 Å². The van der Waals surface area contributed by atoms with Gasteiger partial charge in [0.05, 0.1) is 0 Å². The molecule has 3 heterocycles. The van der Waals surface area contributed by atoms with E-state index in [1.807, 2.05) is 66.9 Å². The third kappa shape index (κ3) is 4.95. The number of ether oxygens (including phenoxy) is 1. The number of fused-ring (bicyclic) bond motifs is 1. The third-order valence-corrected chi connectivity index (χ3v) is 6.39. The normalized spacial score (nSPS) is 15.9. The quantitative estimate of drug-likeness (QED) is 0.416. The topological polar surface area (TPSA) is 81.7 Å². The number of nitrogens with one attached hydrogen (secondary N) is 1. The first-order valence-electron chi connectivity index (χ1n) is 11.5. The monoisotopic (exact) mass is 456 g/mol. The fraction of sp³-hybridized carbons (Fsp3) is 0.259. The average Bonchev–Trinajstić information content (AvgIpc) is 3.28. The fourth-order valence-corrected chi connectivity index (χ4v) is 4.59. The molecule has 1 aliphatic heterocycles. The van der Waals surface area contributed by atoms with Crippen molar-refractivity contribution in [3.05, 3.63) is 95.9 Å². The Hall–Kier alpha value is -3.68. The first-order valence-corrected chi connectivity index (χ1v) is 11.5. The van der Waals surface area contributed by atoms with Gasteiger partial charge in [-0.25, -0.2) is 0 Å². The lowest BCUT2D eigenvalue weighted by Crippen LogP contribution is -2.48. The highest BCUT2D eigenvalue weighted by Gasteiger charge is 2.32. The lowest BCUT2D eigenvalue weighted by molar-refractivity contribution is -0.144. The minimum Gasteiger partial charge on any atom is -0.489 e. The lowest BCUT2D eigenvalue weighted by atomic mass is 10.0. The summed E-state index contributed by atoms with van der Waals surface area (Å²) in [4.78, 5) is 24.1. The van der Waals surface area contributed by atoms with Crippen LogP contribution in [-0.4, -0.2) is 57.0 Å². The highest BCUT2D eigenvalue weighted by Crippen LogP contribution is 2.32. The van der Waals surface area contributed by atoms with Crippen molar-refractivity contribution in [2.75, 3.05) is 26.2 Å². The van der Waals surface area contributed by atoms with Gasteiger partial charge in [0.2, 0.25) is 0 Å². The summed E-state index contributed by atoms with van der Waals surface area (Å²) in [7, 11) is 0. The van der Waals surface area contributed by atoms with E-state index in [0.29, 0.717) is 19.7 Å². The maximum Gasteiger partial charge on any atom is 0.325 e. The van der Waals surface area contributed by atoms with Gasteiger partial charge >= 0.3 is 5.97 Å². The van der Waals surface area contributed by atoms with Gasteiger partial charge in [0.1, 0.15) is 18.4 Å². The zero-order valence-corrected chi connectivity index (χ0v) is 18.9. The highest BCUT2D eigenvalue weighted by molar-refractivity contribution is 5.90. The van der Waals surface area contributed by atoms with Crippen LogP contribution in [0, 0.1) is 0 Å². The predicted octanol–water partition coefficient (Wildman–Crippen LogP) is 4.09. The molecule has 0 bridgehead atoms. The second kappa shape index (κ2) is 10.1.